The van der Waals surface area contributed by atoms with Crippen LogP contribution in [0.2, 0.25) is 0 Å². The van der Waals surface area contributed by atoms with E-state index in [4.69, 9.17) is 10.5 Å². The summed E-state index contributed by atoms with van der Waals surface area (Å²) in [5.41, 5.74) is 6.97. The lowest BCUT2D eigenvalue weighted by Gasteiger charge is -2.31. The van der Waals surface area contributed by atoms with Gasteiger partial charge in [0.05, 0.1) is 12.5 Å². The van der Waals surface area contributed by atoms with Crippen LogP contribution in [0.5, 0.6) is 0 Å². The number of amides is 3. The number of carbonyl (C=O) groups excluding carboxylic acids is 2. The molecule has 2 rings (SSSR count). The molecule has 21 heavy (non-hydrogen) atoms. The third kappa shape index (κ3) is 3.95. The fourth-order valence-corrected chi connectivity index (χ4v) is 2.51. The standard InChI is InChI=1S/C15H21N3O3/c1-21-10-12-5-2-3-7-13(12)17-15(20)18-8-4-6-11(9-18)14(16)19/h2-3,5,7,11H,4,6,8-10H2,1H3,(H2,16,19)(H,17,20)/t11-/m0/s1. The third-order valence-corrected chi connectivity index (χ3v) is 3.67. The van der Waals surface area contributed by atoms with Crippen molar-refractivity contribution in [1.29, 1.82) is 0 Å². The van der Waals surface area contributed by atoms with Gasteiger partial charge >= 0.3 is 6.03 Å². The Bertz CT molecular complexity index is 519. The summed E-state index contributed by atoms with van der Waals surface area (Å²) in [5, 5.41) is 2.88. The number of para-hydroxylation sites is 1. The van der Waals surface area contributed by atoms with Gasteiger partial charge in [-0.2, -0.15) is 0 Å². The van der Waals surface area contributed by atoms with Gasteiger partial charge in [-0.05, 0) is 18.9 Å². The number of piperidine rings is 1. The number of nitrogens with zero attached hydrogens (tertiary/aromatic N) is 1. The molecule has 1 aromatic rings. The van der Waals surface area contributed by atoms with Crippen LogP contribution in [0.3, 0.4) is 0 Å². The number of nitrogens with one attached hydrogen (secondary N) is 1. The van der Waals surface area contributed by atoms with Crippen molar-refractivity contribution in [2.75, 3.05) is 25.5 Å². The van der Waals surface area contributed by atoms with Crippen molar-refractivity contribution >= 4 is 17.6 Å². The Morgan fingerprint density at radius 3 is 2.90 bits per heavy atom. The number of likely N-dealkylation sites (tertiary alicyclic amines) is 1. The molecule has 1 atom stereocenters. The molecule has 1 aliphatic rings. The zero-order valence-corrected chi connectivity index (χ0v) is 12.2. The monoisotopic (exact) mass is 291 g/mol. The van der Waals surface area contributed by atoms with Gasteiger partial charge in [0.25, 0.3) is 0 Å². The summed E-state index contributed by atoms with van der Waals surface area (Å²) in [5.74, 6) is -0.592. The van der Waals surface area contributed by atoms with Gasteiger partial charge in [0.15, 0.2) is 0 Å². The molecule has 0 radical (unpaired) electrons. The Morgan fingerprint density at radius 2 is 2.19 bits per heavy atom. The Balaban J connectivity index is 2.02. The summed E-state index contributed by atoms with van der Waals surface area (Å²) in [6.07, 6.45) is 1.54. The second-order valence-electron chi connectivity index (χ2n) is 5.21. The quantitative estimate of drug-likeness (QED) is 0.883. The van der Waals surface area contributed by atoms with Gasteiger partial charge in [0.1, 0.15) is 0 Å². The normalized spacial score (nSPS) is 18.3. The Morgan fingerprint density at radius 1 is 1.43 bits per heavy atom. The average Bonchev–Trinajstić information content (AvgIpc) is 2.49. The molecule has 114 valence electrons. The lowest BCUT2D eigenvalue weighted by atomic mass is 9.98. The molecule has 0 saturated carbocycles. The zero-order valence-electron chi connectivity index (χ0n) is 12.2. The third-order valence-electron chi connectivity index (χ3n) is 3.67. The van der Waals surface area contributed by atoms with E-state index in [1.165, 1.54) is 0 Å². The van der Waals surface area contributed by atoms with Crippen LogP contribution < -0.4 is 11.1 Å². The Hall–Kier alpha value is -2.08. The van der Waals surface area contributed by atoms with Gasteiger partial charge in [-0.3, -0.25) is 4.79 Å². The van der Waals surface area contributed by atoms with Gasteiger partial charge in [0, 0.05) is 31.5 Å². The summed E-state index contributed by atoms with van der Waals surface area (Å²) < 4.78 is 5.12. The number of carbonyl (C=O) groups is 2. The van der Waals surface area contributed by atoms with Crippen LogP contribution in [0.15, 0.2) is 24.3 Å². The van der Waals surface area contributed by atoms with Crippen molar-refractivity contribution in [3.05, 3.63) is 29.8 Å². The van der Waals surface area contributed by atoms with E-state index in [1.807, 2.05) is 24.3 Å². The number of anilines is 1. The summed E-state index contributed by atoms with van der Waals surface area (Å²) in [6.45, 7) is 1.45. The molecule has 1 fully saturated rings. The average molecular weight is 291 g/mol. The SMILES string of the molecule is COCc1ccccc1NC(=O)N1CCC[C@H](C(N)=O)C1. The van der Waals surface area contributed by atoms with Gasteiger partial charge < -0.3 is 20.7 Å². The summed E-state index contributed by atoms with van der Waals surface area (Å²) in [6, 6.07) is 7.29. The first-order chi connectivity index (χ1) is 10.1. The first kappa shape index (κ1) is 15.3. The first-order valence-electron chi connectivity index (χ1n) is 7.04. The van der Waals surface area contributed by atoms with Crippen molar-refractivity contribution in [1.82, 2.24) is 4.90 Å². The van der Waals surface area contributed by atoms with Gasteiger partial charge in [-0.1, -0.05) is 18.2 Å². The van der Waals surface area contributed by atoms with Crippen LogP contribution >= 0.6 is 0 Å². The van der Waals surface area contributed by atoms with Crippen LogP contribution in [0.4, 0.5) is 10.5 Å². The highest BCUT2D eigenvalue weighted by molar-refractivity contribution is 5.90. The van der Waals surface area contributed by atoms with Crippen molar-refractivity contribution in [3.63, 3.8) is 0 Å². The van der Waals surface area contributed by atoms with E-state index in [-0.39, 0.29) is 17.9 Å². The molecule has 0 aliphatic carbocycles. The molecule has 0 spiro atoms. The molecule has 6 nitrogen and oxygen atoms in total. The smallest absolute Gasteiger partial charge is 0.321 e. The number of hydrogen-bond acceptors (Lipinski definition) is 3. The van der Waals surface area contributed by atoms with E-state index in [0.29, 0.717) is 19.7 Å². The van der Waals surface area contributed by atoms with Crippen LogP contribution in [-0.2, 0) is 16.1 Å². The molecule has 1 aliphatic heterocycles. The van der Waals surface area contributed by atoms with E-state index in [9.17, 15) is 9.59 Å². The predicted molar refractivity (Wildman–Crippen MR) is 79.7 cm³/mol. The lowest BCUT2D eigenvalue weighted by Crippen LogP contribution is -2.45. The Labute approximate surface area is 124 Å². The minimum atomic E-state index is -0.340. The predicted octanol–water partition coefficient (Wildman–Crippen LogP) is 1.56. The number of ether oxygens (including phenoxy) is 1. The molecular formula is C15H21N3O3. The molecular weight excluding hydrogens is 270 g/mol. The second-order valence-corrected chi connectivity index (χ2v) is 5.21. The number of rotatable bonds is 4. The molecule has 0 aromatic heterocycles. The number of hydrogen-bond donors (Lipinski definition) is 2. The van der Waals surface area contributed by atoms with Crippen molar-refractivity contribution in [2.45, 2.75) is 19.4 Å². The molecule has 0 unspecified atom stereocenters. The van der Waals surface area contributed by atoms with Crippen LogP contribution in [0.25, 0.3) is 0 Å². The molecule has 0 bridgehead atoms. The summed E-state index contributed by atoms with van der Waals surface area (Å²) in [4.78, 5) is 25.2. The largest absolute Gasteiger partial charge is 0.380 e. The highest BCUT2D eigenvalue weighted by atomic mass is 16.5. The highest BCUT2D eigenvalue weighted by Crippen LogP contribution is 2.20. The number of benzene rings is 1. The van der Waals surface area contributed by atoms with Crippen LogP contribution in [0.1, 0.15) is 18.4 Å². The van der Waals surface area contributed by atoms with Crippen molar-refractivity contribution < 1.29 is 14.3 Å². The molecule has 1 aromatic carbocycles. The van der Waals surface area contributed by atoms with Gasteiger partial charge in [-0.25, -0.2) is 4.79 Å². The maximum atomic E-state index is 12.3. The minimum Gasteiger partial charge on any atom is -0.380 e. The first-order valence-corrected chi connectivity index (χ1v) is 7.04. The van der Waals surface area contributed by atoms with Crippen LogP contribution in [-0.4, -0.2) is 37.0 Å². The van der Waals surface area contributed by atoms with Crippen molar-refractivity contribution in [2.24, 2.45) is 11.7 Å². The second kappa shape index (κ2) is 7.08. The van der Waals surface area contributed by atoms with Crippen molar-refractivity contribution in [3.8, 4) is 0 Å². The number of methoxy groups -OCH3 is 1. The van der Waals surface area contributed by atoms with E-state index in [2.05, 4.69) is 5.32 Å². The maximum absolute atomic E-state index is 12.3. The van der Waals surface area contributed by atoms with E-state index in [1.54, 1.807) is 12.0 Å². The van der Waals surface area contributed by atoms with E-state index in [0.717, 1.165) is 24.1 Å². The van der Waals surface area contributed by atoms with Gasteiger partial charge in [0.2, 0.25) is 5.91 Å². The zero-order chi connectivity index (χ0) is 15.2. The lowest BCUT2D eigenvalue weighted by molar-refractivity contribution is -0.123. The molecule has 3 amide bonds. The number of primary amides is 1. The molecule has 3 N–H and O–H groups in total. The minimum absolute atomic E-state index is 0.204. The molecule has 6 heteroatoms. The fourth-order valence-electron chi connectivity index (χ4n) is 2.51. The number of urea groups is 1. The highest BCUT2D eigenvalue weighted by Gasteiger charge is 2.27. The number of nitrogens with two attached hydrogens (primary N) is 1. The van der Waals surface area contributed by atoms with E-state index >= 15 is 0 Å². The maximum Gasteiger partial charge on any atom is 0.321 e. The van der Waals surface area contributed by atoms with E-state index < -0.39 is 0 Å². The molecule has 1 saturated heterocycles. The molecule has 1 heterocycles. The topological polar surface area (TPSA) is 84.7 Å². The summed E-state index contributed by atoms with van der Waals surface area (Å²) >= 11 is 0. The van der Waals surface area contributed by atoms with Gasteiger partial charge in [-0.15, -0.1) is 0 Å². The summed E-state index contributed by atoms with van der Waals surface area (Å²) in [7, 11) is 1.61. The Kier molecular flexibility index (Phi) is 5.16. The fraction of sp³-hybridized carbons (Fsp3) is 0.467. The van der Waals surface area contributed by atoms with Crippen LogP contribution in [0, 0.1) is 5.92 Å².